The van der Waals surface area contributed by atoms with E-state index in [-0.39, 0.29) is 0 Å². The van der Waals surface area contributed by atoms with Crippen molar-refractivity contribution < 1.29 is 4.79 Å². The Morgan fingerprint density at radius 3 is 2.31 bits per heavy atom. The van der Waals surface area contributed by atoms with E-state index in [1.165, 1.54) is 0 Å². The summed E-state index contributed by atoms with van der Waals surface area (Å²) in [6.07, 6.45) is 0.951. The van der Waals surface area contributed by atoms with Crippen LogP contribution in [-0.4, -0.2) is 11.7 Å². The van der Waals surface area contributed by atoms with Gasteiger partial charge in [-0.05, 0) is 39.7 Å². The molecule has 0 amide bonds. The molecule has 70 valence electrons. The maximum atomic E-state index is 11.7. The first-order valence-electron chi connectivity index (χ1n) is 4.51. The van der Waals surface area contributed by atoms with Crippen LogP contribution in [0.5, 0.6) is 0 Å². The van der Waals surface area contributed by atoms with Gasteiger partial charge in [-0.25, -0.2) is 0 Å². The van der Waals surface area contributed by atoms with E-state index in [0.717, 1.165) is 22.9 Å². The maximum Gasteiger partial charge on any atom is 0.181 e. The molecule has 0 fully saturated rings. The minimum Gasteiger partial charge on any atom is -0.289 e. The van der Waals surface area contributed by atoms with Crippen molar-refractivity contribution in [1.82, 2.24) is 0 Å². The molecule has 0 aliphatic carbocycles. The Labute approximate surface area is 81.3 Å². The number of hydrogen-bond donors (Lipinski definition) is 0. The zero-order valence-electron chi connectivity index (χ0n) is 8.35. The third kappa shape index (κ3) is 2.38. The van der Waals surface area contributed by atoms with Crippen molar-refractivity contribution in [3.05, 3.63) is 34.9 Å². The lowest BCUT2D eigenvalue weighted by Gasteiger charge is -2.07. The molecule has 0 aromatic heterocycles. The fourth-order valence-corrected chi connectivity index (χ4v) is 2.31. The topological polar surface area (TPSA) is 17.1 Å². The van der Waals surface area contributed by atoms with Crippen molar-refractivity contribution in [2.45, 2.75) is 20.8 Å². The van der Waals surface area contributed by atoms with Gasteiger partial charge < -0.3 is 0 Å². The van der Waals surface area contributed by atoms with Crippen molar-refractivity contribution >= 4 is 14.1 Å². The predicted molar refractivity (Wildman–Crippen MR) is 59.1 cm³/mol. The monoisotopic (exact) mass is 194 g/mol. The van der Waals surface area contributed by atoms with E-state index in [1.807, 2.05) is 39.0 Å². The SMILES string of the molecule is CCPC(=O)c1c(C)cccc1C. The molecular formula is C11H15OP. The second-order valence-corrected chi connectivity index (χ2v) is 4.64. The summed E-state index contributed by atoms with van der Waals surface area (Å²) in [5, 5.41) is 0. The van der Waals surface area contributed by atoms with Gasteiger partial charge in [-0.3, -0.25) is 4.79 Å². The average Bonchev–Trinajstić information content (AvgIpc) is 2.04. The van der Waals surface area contributed by atoms with Gasteiger partial charge in [0, 0.05) is 5.56 Å². The molecule has 2 heteroatoms. The number of rotatable bonds is 3. The Kier molecular flexibility index (Phi) is 3.62. The normalized spacial score (nSPS) is 11.0. The van der Waals surface area contributed by atoms with Crippen molar-refractivity contribution in [3.63, 3.8) is 0 Å². The predicted octanol–water partition coefficient (Wildman–Crippen LogP) is 3.14. The minimum absolute atomic E-state index is 0.304. The molecule has 0 spiro atoms. The summed E-state index contributed by atoms with van der Waals surface area (Å²) in [7, 11) is 0.420. The molecule has 0 bridgehead atoms. The van der Waals surface area contributed by atoms with E-state index in [1.54, 1.807) is 0 Å². The number of carbonyl (C=O) groups is 1. The number of hydrogen-bond acceptors (Lipinski definition) is 1. The molecule has 0 heterocycles. The highest BCUT2D eigenvalue weighted by molar-refractivity contribution is 7.58. The first kappa shape index (κ1) is 10.4. The smallest absolute Gasteiger partial charge is 0.181 e. The van der Waals surface area contributed by atoms with Crippen LogP contribution >= 0.6 is 8.58 Å². The van der Waals surface area contributed by atoms with E-state index in [4.69, 9.17) is 0 Å². The molecule has 1 unspecified atom stereocenters. The van der Waals surface area contributed by atoms with Gasteiger partial charge in [-0.1, -0.05) is 25.1 Å². The highest BCUT2D eigenvalue weighted by Crippen LogP contribution is 2.23. The Hall–Kier alpha value is -0.680. The van der Waals surface area contributed by atoms with Crippen LogP contribution < -0.4 is 0 Å². The number of aryl methyl sites for hydroxylation is 2. The van der Waals surface area contributed by atoms with Crippen LogP contribution in [0.1, 0.15) is 28.4 Å². The fourth-order valence-electron chi connectivity index (χ4n) is 1.42. The zero-order chi connectivity index (χ0) is 9.84. The standard InChI is InChI=1S/C11H15OP/c1-4-13-11(12)10-8(2)6-5-7-9(10)3/h5-7,13H,4H2,1-3H3. The lowest BCUT2D eigenvalue weighted by molar-refractivity contribution is 0.108. The lowest BCUT2D eigenvalue weighted by Crippen LogP contribution is -1.98. The van der Waals surface area contributed by atoms with E-state index >= 15 is 0 Å². The van der Waals surface area contributed by atoms with E-state index in [0.29, 0.717) is 14.1 Å². The average molecular weight is 194 g/mol. The van der Waals surface area contributed by atoms with Crippen LogP contribution in [0.4, 0.5) is 0 Å². The Morgan fingerprint density at radius 2 is 1.85 bits per heavy atom. The fraction of sp³-hybridized carbons (Fsp3) is 0.364. The van der Waals surface area contributed by atoms with Gasteiger partial charge in [0.05, 0.1) is 0 Å². The summed E-state index contributed by atoms with van der Waals surface area (Å²) in [4.78, 5) is 11.7. The molecule has 1 aromatic carbocycles. The van der Waals surface area contributed by atoms with E-state index < -0.39 is 0 Å². The lowest BCUT2D eigenvalue weighted by atomic mass is 10.0. The molecule has 0 saturated carbocycles. The van der Waals surface area contributed by atoms with Crippen LogP contribution in [0.15, 0.2) is 18.2 Å². The van der Waals surface area contributed by atoms with Crippen LogP contribution in [0, 0.1) is 13.8 Å². The third-order valence-electron chi connectivity index (χ3n) is 2.05. The largest absolute Gasteiger partial charge is 0.289 e. The molecule has 1 rings (SSSR count). The molecule has 0 N–H and O–H groups in total. The van der Waals surface area contributed by atoms with Crippen LogP contribution in [0.25, 0.3) is 0 Å². The van der Waals surface area contributed by atoms with Crippen molar-refractivity contribution in [1.29, 1.82) is 0 Å². The molecule has 13 heavy (non-hydrogen) atoms. The highest BCUT2D eigenvalue weighted by Gasteiger charge is 2.09. The summed E-state index contributed by atoms with van der Waals surface area (Å²) in [5.74, 6) is 0. The molecule has 0 saturated heterocycles. The summed E-state index contributed by atoms with van der Waals surface area (Å²) in [5.41, 5.74) is 3.44. The van der Waals surface area contributed by atoms with Crippen molar-refractivity contribution in [2.24, 2.45) is 0 Å². The summed E-state index contributed by atoms with van der Waals surface area (Å²) in [6, 6.07) is 6.00. The van der Waals surface area contributed by atoms with Crippen molar-refractivity contribution in [3.8, 4) is 0 Å². The second kappa shape index (κ2) is 4.53. The third-order valence-corrected chi connectivity index (χ3v) is 2.97. The Morgan fingerprint density at radius 1 is 1.31 bits per heavy atom. The zero-order valence-corrected chi connectivity index (χ0v) is 9.35. The second-order valence-electron chi connectivity index (χ2n) is 3.13. The van der Waals surface area contributed by atoms with Crippen LogP contribution in [-0.2, 0) is 0 Å². The highest BCUT2D eigenvalue weighted by atomic mass is 31.1. The molecule has 1 atom stereocenters. The van der Waals surface area contributed by atoms with E-state index in [2.05, 4.69) is 0 Å². The van der Waals surface area contributed by atoms with Gasteiger partial charge in [0.2, 0.25) is 0 Å². The summed E-state index contributed by atoms with van der Waals surface area (Å²) in [6.45, 7) is 6.05. The quantitative estimate of drug-likeness (QED) is 0.675. The number of benzene rings is 1. The molecule has 1 nitrogen and oxygen atoms in total. The van der Waals surface area contributed by atoms with Gasteiger partial charge in [0.1, 0.15) is 0 Å². The minimum atomic E-state index is 0.304. The van der Waals surface area contributed by atoms with Gasteiger partial charge in [0.15, 0.2) is 5.52 Å². The van der Waals surface area contributed by atoms with Gasteiger partial charge >= 0.3 is 0 Å². The van der Waals surface area contributed by atoms with Crippen LogP contribution in [0.3, 0.4) is 0 Å². The van der Waals surface area contributed by atoms with Crippen LogP contribution in [0.2, 0.25) is 0 Å². The maximum absolute atomic E-state index is 11.7. The summed E-state index contributed by atoms with van der Waals surface area (Å²) >= 11 is 0. The molecule has 0 aliphatic rings. The Bertz CT molecular complexity index is 298. The molecule has 0 aliphatic heterocycles. The molecule has 1 aromatic rings. The Balaban J connectivity index is 3.05. The van der Waals surface area contributed by atoms with Crippen molar-refractivity contribution in [2.75, 3.05) is 6.16 Å². The summed E-state index contributed by atoms with van der Waals surface area (Å²) < 4.78 is 0. The van der Waals surface area contributed by atoms with E-state index in [9.17, 15) is 4.79 Å². The van der Waals surface area contributed by atoms with Gasteiger partial charge in [0.25, 0.3) is 0 Å². The number of carbonyl (C=O) groups excluding carboxylic acids is 1. The molecule has 0 radical (unpaired) electrons. The first-order valence-corrected chi connectivity index (χ1v) is 5.72. The van der Waals surface area contributed by atoms with Gasteiger partial charge in [-0.2, -0.15) is 0 Å². The first-order chi connectivity index (χ1) is 6.16. The molecular weight excluding hydrogens is 179 g/mol. The van der Waals surface area contributed by atoms with Gasteiger partial charge in [-0.15, -0.1) is 0 Å².